The minimum Gasteiger partial charge on any atom is -0.407 e. The van der Waals surface area contributed by atoms with Crippen LogP contribution in [0.4, 0.5) is 6.01 Å². The van der Waals surface area contributed by atoms with Crippen LogP contribution in [0, 0.1) is 0 Å². The van der Waals surface area contributed by atoms with E-state index in [9.17, 15) is 0 Å². The Morgan fingerprint density at radius 3 is 3.17 bits per heavy atom. The summed E-state index contributed by atoms with van der Waals surface area (Å²) in [5.41, 5.74) is 0. The monoisotopic (exact) mass is 256 g/mol. The number of hydrogen-bond donors (Lipinski definition) is 2. The van der Waals surface area contributed by atoms with Crippen molar-refractivity contribution >= 4 is 6.01 Å². The van der Waals surface area contributed by atoms with Gasteiger partial charge in [0.05, 0.1) is 19.3 Å². The van der Waals surface area contributed by atoms with Crippen molar-refractivity contribution in [3.8, 4) is 0 Å². The molecule has 2 heterocycles. The third-order valence-corrected chi connectivity index (χ3v) is 2.73. The number of anilines is 1. The quantitative estimate of drug-likeness (QED) is 0.651. The lowest BCUT2D eigenvalue weighted by atomic mass is 10.2. The van der Waals surface area contributed by atoms with Gasteiger partial charge in [0.2, 0.25) is 5.89 Å². The van der Waals surface area contributed by atoms with Gasteiger partial charge in [0.25, 0.3) is 0 Å². The Bertz CT molecular complexity index is 339. The van der Waals surface area contributed by atoms with Crippen molar-refractivity contribution in [2.75, 3.05) is 38.7 Å². The van der Waals surface area contributed by atoms with E-state index < -0.39 is 0 Å². The first-order valence-corrected chi connectivity index (χ1v) is 6.26. The molecule has 2 rings (SSSR count). The normalized spacial score (nSPS) is 19.3. The first-order valence-electron chi connectivity index (χ1n) is 6.26. The maximum atomic E-state index is 5.49. The first kappa shape index (κ1) is 13.3. The Balaban J connectivity index is 1.65. The van der Waals surface area contributed by atoms with Gasteiger partial charge in [-0.25, -0.2) is 0 Å². The lowest BCUT2D eigenvalue weighted by molar-refractivity contribution is 0.120. The van der Waals surface area contributed by atoms with Crippen molar-refractivity contribution in [2.24, 2.45) is 0 Å². The highest BCUT2D eigenvalue weighted by Crippen LogP contribution is 2.13. The van der Waals surface area contributed by atoms with E-state index in [1.165, 1.54) is 0 Å². The van der Waals surface area contributed by atoms with Crippen LogP contribution in [-0.2, 0) is 16.0 Å². The summed E-state index contributed by atoms with van der Waals surface area (Å²) in [6, 6.07) is 0.453. The molecule has 1 aromatic rings. The van der Waals surface area contributed by atoms with Crippen molar-refractivity contribution in [3.63, 3.8) is 0 Å². The van der Waals surface area contributed by atoms with Gasteiger partial charge < -0.3 is 24.5 Å². The molecule has 18 heavy (non-hydrogen) atoms. The second kappa shape index (κ2) is 7.30. The minimum absolute atomic E-state index is 0.264. The molecule has 1 aromatic heterocycles. The Kier molecular flexibility index (Phi) is 5.37. The van der Waals surface area contributed by atoms with Crippen LogP contribution in [0.3, 0.4) is 0 Å². The van der Waals surface area contributed by atoms with Crippen LogP contribution in [0.5, 0.6) is 0 Å². The predicted octanol–water partition coefficient (Wildman–Crippen LogP) is 0.396. The predicted molar refractivity (Wildman–Crippen MR) is 65.3 cm³/mol. The maximum Gasteiger partial charge on any atom is 0.315 e. The van der Waals surface area contributed by atoms with Crippen LogP contribution in [0.25, 0.3) is 0 Å². The van der Waals surface area contributed by atoms with Gasteiger partial charge in [-0.1, -0.05) is 5.10 Å². The number of hydrogen-bond acceptors (Lipinski definition) is 7. The average molecular weight is 256 g/mol. The van der Waals surface area contributed by atoms with Gasteiger partial charge in [-0.05, 0) is 12.8 Å². The number of ether oxygens (including phenoxy) is 2. The summed E-state index contributed by atoms with van der Waals surface area (Å²) in [5.74, 6) is 0.570. The van der Waals surface area contributed by atoms with Gasteiger partial charge in [-0.3, -0.25) is 0 Å². The van der Waals surface area contributed by atoms with E-state index in [1.807, 2.05) is 0 Å². The van der Waals surface area contributed by atoms with Crippen LogP contribution in [0.2, 0.25) is 0 Å². The largest absolute Gasteiger partial charge is 0.407 e. The van der Waals surface area contributed by atoms with Crippen LogP contribution >= 0.6 is 0 Å². The van der Waals surface area contributed by atoms with E-state index in [0.29, 0.717) is 25.1 Å². The Morgan fingerprint density at radius 2 is 2.39 bits per heavy atom. The number of rotatable bonds is 8. The molecule has 0 amide bonds. The molecule has 0 spiro atoms. The summed E-state index contributed by atoms with van der Waals surface area (Å²) >= 11 is 0. The van der Waals surface area contributed by atoms with Gasteiger partial charge in [0, 0.05) is 26.8 Å². The molecule has 1 atom stereocenters. The third kappa shape index (κ3) is 4.25. The summed E-state index contributed by atoms with van der Waals surface area (Å²) in [5, 5.41) is 14.1. The number of nitrogens with zero attached hydrogens (tertiary/aromatic N) is 2. The first-order chi connectivity index (χ1) is 8.88. The highest BCUT2D eigenvalue weighted by atomic mass is 16.5. The zero-order chi connectivity index (χ0) is 12.6. The molecule has 0 aliphatic carbocycles. The summed E-state index contributed by atoms with van der Waals surface area (Å²) in [4.78, 5) is 0. The van der Waals surface area contributed by atoms with Crippen molar-refractivity contribution in [2.45, 2.75) is 25.5 Å². The van der Waals surface area contributed by atoms with Crippen molar-refractivity contribution in [1.29, 1.82) is 0 Å². The lowest BCUT2D eigenvalue weighted by Gasteiger charge is -2.08. The van der Waals surface area contributed by atoms with Crippen LogP contribution in [0.1, 0.15) is 18.7 Å². The summed E-state index contributed by atoms with van der Waals surface area (Å²) in [6.07, 6.45) is 2.48. The average Bonchev–Trinajstić information content (AvgIpc) is 3.03. The SMILES string of the molecule is COCCNCc1nnc(NCC2CCCO2)o1. The van der Waals surface area contributed by atoms with E-state index in [-0.39, 0.29) is 6.10 Å². The van der Waals surface area contributed by atoms with Gasteiger partial charge in [-0.2, -0.15) is 0 Å². The molecule has 0 radical (unpaired) electrons. The zero-order valence-corrected chi connectivity index (χ0v) is 10.6. The fraction of sp³-hybridized carbons (Fsp3) is 0.818. The van der Waals surface area contributed by atoms with Crippen molar-refractivity contribution < 1.29 is 13.9 Å². The second-order valence-electron chi connectivity index (χ2n) is 4.19. The van der Waals surface area contributed by atoms with Crippen molar-refractivity contribution in [1.82, 2.24) is 15.5 Å². The Labute approximate surface area is 106 Å². The maximum absolute atomic E-state index is 5.49. The van der Waals surface area contributed by atoms with E-state index in [0.717, 1.165) is 32.5 Å². The highest BCUT2D eigenvalue weighted by Gasteiger charge is 2.16. The number of methoxy groups -OCH3 is 1. The summed E-state index contributed by atoms with van der Waals surface area (Å²) < 4.78 is 15.9. The number of aromatic nitrogens is 2. The molecule has 1 saturated heterocycles. The molecule has 1 aliphatic rings. The molecule has 0 bridgehead atoms. The van der Waals surface area contributed by atoms with E-state index in [2.05, 4.69) is 20.8 Å². The van der Waals surface area contributed by atoms with Crippen LogP contribution in [0.15, 0.2) is 4.42 Å². The highest BCUT2D eigenvalue weighted by molar-refractivity contribution is 5.17. The third-order valence-electron chi connectivity index (χ3n) is 2.73. The fourth-order valence-corrected chi connectivity index (χ4v) is 1.77. The standard InChI is InChI=1S/C11H20N4O3/c1-16-6-4-12-8-10-14-15-11(18-10)13-7-9-3-2-5-17-9/h9,12H,2-8H2,1H3,(H,13,15). The van der Waals surface area contributed by atoms with Crippen molar-refractivity contribution in [3.05, 3.63) is 5.89 Å². The smallest absolute Gasteiger partial charge is 0.315 e. The molecule has 7 heteroatoms. The Morgan fingerprint density at radius 1 is 1.44 bits per heavy atom. The molecule has 0 saturated carbocycles. The lowest BCUT2D eigenvalue weighted by Crippen LogP contribution is -2.19. The van der Waals surface area contributed by atoms with Gasteiger partial charge in [-0.15, -0.1) is 5.10 Å². The summed E-state index contributed by atoms with van der Waals surface area (Å²) in [7, 11) is 1.67. The summed E-state index contributed by atoms with van der Waals surface area (Å²) in [6.45, 7) is 3.55. The molecular formula is C11H20N4O3. The Hall–Kier alpha value is -1.18. The molecule has 1 unspecified atom stereocenters. The number of nitrogens with one attached hydrogen (secondary N) is 2. The molecule has 2 N–H and O–H groups in total. The molecule has 7 nitrogen and oxygen atoms in total. The second-order valence-corrected chi connectivity index (χ2v) is 4.19. The van der Waals surface area contributed by atoms with Gasteiger partial charge in [0.15, 0.2) is 0 Å². The van der Waals surface area contributed by atoms with Gasteiger partial charge in [0.1, 0.15) is 0 Å². The van der Waals surface area contributed by atoms with E-state index in [4.69, 9.17) is 13.9 Å². The molecule has 102 valence electrons. The van der Waals surface area contributed by atoms with Crippen LogP contribution in [-0.4, -0.2) is 49.7 Å². The molecule has 1 fully saturated rings. The fourth-order valence-electron chi connectivity index (χ4n) is 1.77. The van der Waals surface area contributed by atoms with Crippen LogP contribution < -0.4 is 10.6 Å². The molecule has 1 aliphatic heterocycles. The zero-order valence-electron chi connectivity index (χ0n) is 10.6. The molecular weight excluding hydrogens is 236 g/mol. The topological polar surface area (TPSA) is 81.4 Å². The van der Waals surface area contributed by atoms with Gasteiger partial charge >= 0.3 is 6.01 Å². The van der Waals surface area contributed by atoms with E-state index in [1.54, 1.807) is 7.11 Å². The van der Waals surface area contributed by atoms with E-state index >= 15 is 0 Å². The molecule has 0 aromatic carbocycles. The minimum atomic E-state index is 0.264.